The molecule has 1 nitrogen and oxygen atoms in total. The highest BCUT2D eigenvalue weighted by atomic mass is 16.5. The van der Waals surface area contributed by atoms with Crippen LogP contribution in [0.2, 0.25) is 0 Å². The SMILES string of the molecule is COc1ccc(/C=C(/Cc2ccccc2)c2ccccc2)cc1. The molecular weight excluding hydrogens is 280 g/mol. The minimum Gasteiger partial charge on any atom is -0.497 e. The Morgan fingerprint density at radius 3 is 2.00 bits per heavy atom. The molecule has 0 saturated heterocycles. The lowest BCUT2D eigenvalue weighted by molar-refractivity contribution is 0.415. The van der Waals surface area contributed by atoms with Gasteiger partial charge in [-0.3, -0.25) is 0 Å². The van der Waals surface area contributed by atoms with E-state index in [0.29, 0.717) is 0 Å². The minimum atomic E-state index is 0.881. The molecule has 3 aromatic rings. The second-order valence-electron chi connectivity index (χ2n) is 5.47. The summed E-state index contributed by atoms with van der Waals surface area (Å²) in [5.41, 5.74) is 5.06. The molecule has 0 aliphatic rings. The molecule has 0 bridgehead atoms. The Labute approximate surface area is 137 Å². The van der Waals surface area contributed by atoms with Crippen LogP contribution < -0.4 is 4.74 Å². The molecular formula is C22H20O. The van der Waals surface area contributed by atoms with E-state index in [4.69, 9.17) is 4.74 Å². The lowest BCUT2D eigenvalue weighted by Gasteiger charge is -2.09. The van der Waals surface area contributed by atoms with E-state index in [-0.39, 0.29) is 0 Å². The lowest BCUT2D eigenvalue weighted by atomic mass is 9.96. The summed E-state index contributed by atoms with van der Waals surface area (Å²) in [5, 5.41) is 0. The molecule has 0 N–H and O–H groups in total. The highest BCUT2D eigenvalue weighted by molar-refractivity contribution is 5.82. The van der Waals surface area contributed by atoms with Crippen LogP contribution in [0.3, 0.4) is 0 Å². The number of rotatable bonds is 5. The number of methoxy groups -OCH3 is 1. The van der Waals surface area contributed by atoms with Gasteiger partial charge in [-0.05, 0) is 40.8 Å². The molecule has 0 aromatic heterocycles. The summed E-state index contributed by atoms with van der Waals surface area (Å²) in [5.74, 6) is 0.881. The summed E-state index contributed by atoms with van der Waals surface area (Å²) in [6, 6.07) is 29.3. The second-order valence-corrected chi connectivity index (χ2v) is 5.47. The van der Waals surface area contributed by atoms with Gasteiger partial charge in [0.05, 0.1) is 7.11 Å². The van der Waals surface area contributed by atoms with E-state index in [2.05, 4.69) is 78.9 Å². The van der Waals surface area contributed by atoms with Crippen molar-refractivity contribution in [3.05, 3.63) is 102 Å². The van der Waals surface area contributed by atoms with Crippen LogP contribution in [0.25, 0.3) is 11.6 Å². The number of benzene rings is 3. The van der Waals surface area contributed by atoms with Gasteiger partial charge in [-0.15, -0.1) is 0 Å². The summed E-state index contributed by atoms with van der Waals surface area (Å²) in [6.45, 7) is 0. The van der Waals surface area contributed by atoms with Crippen LogP contribution in [-0.2, 0) is 6.42 Å². The molecule has 0 spiro atoms. The zero-order chi connectivity index (χ0) is 15.9. The topological polar surface area (TPSA) is 9.23 Å². The van der Waals surface area contributed by atoms with Gasteiger partial charge in [-0.25, -0.2) is 0 Å². The molecule has 0 heterocycles. The predicted octanol–water partition coefficient (Wildman–Crippen LogP) is 5.48. The fraction of sp³-hybridized carbons (Fsp3) is 0.0909. The van der Waals surface area contributed by atoms with Crippen molar-refractivity contribution < 1.29 is 4.74 Å². The molecule has 0 amide bonds. The first-order valence-corrected chi connectivity index (χ1v) is 7.79. The van der Waals surface area contributed by atoms with Crippen molar-refractivity contribution in [1.29, 1.82) is 0 Å². The molecule has 23 heavy (non-hydrogen) atoms. The van der Waals surface area contributed by atoms with E-state index in [9.17, 15) is 0 Å². The molecule has 0 fully saturated rings. The van der Waals surface area contributed by atoms with E-state index < -0.39 is 0 Å². The fourth-order valence-electron chi connectivity index (χ4n) is 2.61. The summed E-state index contributed by atoms with van der Waals surface area (Å²) < 4.78 is 5.23. The van der Waals surface area contributed by atoms with Gasteiger partial charge in [-0.2, -0.15) is 0 Å². The van der Waals surface area contributed by atoms with Gasteiger partial charge < -0.3 is 4.74 Å². The van der Waals surface area contributed by atoms with E-state index in [1.807, 2.05) is 12.1 Å². The van der Waals surface area contributed by atoms with Crippen LogP contribution in [0, 0.1) is 0 Å². The van der Waals surface area contributed by atoms with Crippen molar-refractivity contribution in [3.8, 4) is 5.75 Å². The Balaban J connectivity index is 1.95. The molecule has 1 heteroatoms. The van der Waals surface area contributed by atoms with E-state index in [1.54, 1.807) is 7.11 Å². The number of hydrogen-bond acceptors (Lipinski definition) is 1. The van der Waals surface area contributed by atoms with E-state index in [0.717, 1.165) is 12.2 Å². The quantitative estimate of drug-likeness (QED) is 0.567. The second kappa shape index (κ2) is 7.46. The Hall–Kier alpha value is -2.80. The smallest absolute Gasteiger partial charge is 0.118 e. The summed E-state index contributed by atoms with van der Waals surface area (Å²) in [4.78, 5) is 0. The Morgan fingerprint density at radius 1 is 0.783 bits per heavy atom. The first-order chi connectivity index (χ1) is 11.3. The Morgan fingerprint density at radius 2 is 1.39 bits per heavy atom. The number of allylic oxidation sites excluding steroid dienone is 1. The van der Waals surface area contributed by atoms with Gasteiger partial charge in [-0.1, -0.05) is 78.9 Å². The maximum atomic E-state index is 5.23. The van der Waals surface area contributed by atoms with Gasteiger partial charge in [0.1, 0.15) is 5.75 Å². The van der Waals surface area contributed by atoms with Gasteiger partial charge >= 0.3 is 0 Å². The molecule has 0 aliphatic carbocycles. The third-order valence-corrected chi connectivity index (χ3v) is 3.84. The molecule has 0 saturated carbocycles. The van der Waals surface area contributed by atoms with Crippen LogP contribution in [0.1, 0.15) is 16.7 Å². The van der Waals surface area contributed by atoms with Crippen molar-refractivity contribution in [2.24, 2.45) is 0 Å². The maximum Gasteiger partial charge on any atom is 0.118 e. The minimum absolute atomic E-state index is 0.881. The van der Waals surface area contributed by atoms with E-state index >= 15 is 0 Å². The Bertz CT molecular complexity index is 756. The van der Waals surface area contributed by atoms with Crippen LogP contribution in [-0.4, -0.2) is 7.11 Å². The molecule has 3 rings (SSSR count). The lowest BCUT2D eigenvalue weighted by Crippen LogP contribution is -1.91. The molecule has 0 radical (unpaired) electrons. The summed E-state index contributed by atoms with van der Waals surface area (Å²) in [7, 11) is 1.69. The van der Waals surface area contributed by atoms with Crippen molar-refractivity contribution in [2.75, 3.05) is 7.11 Å². The van der Waals surface area contributed by atoms with Crippen molar-refractivity contribution >= 4 is 11.6 Å². The van der Waals surface area contributed by atoms with Crippen molar-refractivity contribution in [3.63, 3.8) is 0 Å². The highest BCUT2D eigenvalue weighted by Crippen LogP contribution is 2.23. The normalized spacial score (nSPS) is 11.3. The molecule has 114 valence electrons. The third-order valence-electron chi connectivity index (χ3n) is 3.84. The monoisotopic (exact) mass is 300 g/mol. The molecule has 0 atom stereocenters. The molecule has 0 unspecified atom stereocenters. The van der Waals surface area contributed by atoms with Crippen molar-refractivity contribution in [2.45, 2.75) is 6.42 Å². The fourth-order valence-corrected chi connectivity index (χ4v) is 2.61. The average Bonchev–Trinajstić information content (AvgIpc) is 2.63. The predicted molar refractivity (Wildman–Crippen MR) is 97.5 cm³/mol. The highest BCUT2D eigenvalue weighted by Gasteiger charge is 2.04. The zero-order valence-corrected chi connectivity index (χ0v) is 13.3. The Kier molecular flexibility index (Phi) is 4.90. The standard InChI is InChI=1S/C22H20O/c1-23-22-14-12-19(13-15-22)17-21(20-10-6-3-7-11-20)16-18-8-4-2-5-9-18/h2-15,17H,16H2,1H3/b21-17-. The molecule has 3 aromatic carbocycles. The summed E-state index contributed by atoms with van der Waals surface area (Å²) >= 11 is 0. The number of ether oxygens (including phenoxy) is 1. The van der Waals surface area contributed by atoms with Gasteiger partial charge in [0, 0.05) is 0 Å². The van der Waals surface area contributed by atoms with Crippen LogP contribution in [0.5, 0.6) is 5.75 Å². The maximum absolute atomic E-state index is 5.23. The largest absolute Gasteiger partial charge is 0.497 e. The first-order valence-electron chi connectivity index (χ1n) is 7.79. The summed E-state index contributed by atoms with van der Waals surface area (Å²) in [6.07, 6.45) is 3.17. The number of hydrogen-bond donors (Lipinski definition) is 0. The first kappa shape index (κ1) is 15.1. The van der Waals surface area contributed by atoms with Crippen LogP contribution in [0.15, 0.2) is 84.9 Å². The van der Waals surface area contributed by atoms with Crippen LogP contribution in [0.4, 0.5) is 0 Å². The van der Waals surface area contributed by atoms with Crippen LogP contribution >= 0.6 is 0 Å². The van der Waals surface area contributed by atoms with Gasteiger partial charge in [0.2, 0.25) is 0 Å². The molecule has 0 aliphatic heterocycles. The third kappa shape index (κ3) is 4.10. The average molecular weight is 300 g/mol. The van der Waals surface area contributed by atoms with E-state index in [1.165, 1.54) is 22.3 Å². The van der Waals surface area contributed by atoms with Crippen molar-refractivity contribution in [1.82, 2.24) is 0 Å². The zero-order valence-electron chi connectivity index (χ0n) is 13.3. The van der Waals surface area contributed by atoms with Gasteiger partial charge in [0.15, 0.2) is 0 Å². The van der Waals surface area contributed by atoms with Gasteiger partial charge in [0.25, 0.3) is 0 Å².